The number of aliphatic hydroxyl groups is 1. The molecule has 0 aromatic heterocycles. The molecule has 0 spiro atoms. The Hall–Kier alpha value is -2.91. The molecule has 4 rings (SSSR count). The number of rotatable bonds is 8. The average molecular weight is 578 g/mol. The summed E-state index contributed by atoms with van der Waals surface area (Å²) in [7, 11) is 4.80. The predicted molar refractivity (Wildman–Crippen MR) is 151 cm³/mol. The van der Waals surface area contributed by atoms with Gasteiger partial charge in [-0.15, -0.1) is 0 Å². The molecule has 7 nitrogen and oxygen atoms in total. The Morgan fingerprint density at radius 1 is 1.05 bits per heavy atom. The van der Waals surface area contributed by atoms with Crippen LogP contribution in [0.1, 0.15) is 48.0 Å². The van der Waals surface area contributed by atoms with Gasteiger partial charge >= 0.3 is 0 Å². The molecule has 2 aromatic carbocycles. The smallest absolute Gasteiger partial charge is 0.280 e. The third-order valence-electron chi connectivity index (χ3n) is 8.29. The van der Waals surface area contributed by atoms with E-state index in [4.69, 9.17) is 16.3 Å². The summed E-state index contributed by atoms with van der Waals surface area (Å²) in [5.74, 6) is 0.168. The molecule has 2 saturated heterocycles. The second kappa shape index (κ2) is 12.7. The summed E-state index contributed by atoms with van der Waals surface area (Å²) in [6.07, 6.45) is 1.25. The van der Waals surface area contributed by atoms with Crippen LogP contribution in [0.15, 0.2) is 42.5 Å². The van der Waals surface area contributed by atoms with Gasteiger partial charge in [-0.1, -0.05) is 23.7 Å². The summed E-state index contributed by atoms with van der Waals surface area (Å²) in [6.45, 7) is 2.47. The quantitative estimate of drug-likeness (QED) is 0.475. The molecule has 2 aliphatic heterocycles. The Bertz CT molecular complexity index is 1200. The van der Waals surface area contributed by atoms with Crippen LogP contribution in [0.2, 0.25) is 5.02 Å². The molecule has 2 aromatic rings. The Morgan fingerprint density at radius 3 is 2.23 bits per heavy atom. The second-order valence-corrected chi connectivity index (χ2v) is 11.5. The number of amides is 2. The average Bonchev–Trinajstić information content (AvgIpc) is 2.96. The van der Waals surface area contributed by atoms with Gasteiger partial charge in [0.25, 0.3) is 18.2 Å². The Balaban J connectivity index is 1.29. The number of methoxy groups -OCH3 is 1. The molecule has 0 radical (unpaired) electrons. The number of hydrogen-bond acceptors (Lipinski definition) is 5. The number of carbonyl (C=O) groups excluding carboxylic acids is 2. The molecule has 2 aliphatic rings. The van der Waals surface area contributed by atoms with Crippen LogP contribution < -0.4 is 9.64 Å². The number of piperidine rings is 2. The normalized spacial score (nSPS) is 18.5. The Morgan fingerprint density at radius 2 is 1.68 bits per heavy atom. The first-order valence-electron chi connectivity index (χ1n) is 13.7. The molecule has 2 amide bonds. The SMILES string of the molecule is COc1cccc([C@@](O)(C(=O)N2CCC(CC3CCN(c4ccc(C(=O)N(C)C)c(Cl)c4)CC3)CC2)C(F)F)c1. The number of nitrogens with zero attached hydrogens (tertiary/aromatic N) is 3. The monoisotopic (exact) mass is 577 g/mol. The van der Waals surface area contributed by atoms with Crippen LogP contribution >= 0.6 is 11.6 Å². The zero-order valence-electron chi connectivity index (χ0n) is 23.3. The van der Waals surface area contributed by atoms with Crippen LogP contribution in [0.25, 0.3) is 0 Å². The largest absolute Gasteiger partial charge is 0.497 e. The van der Waals surface area contributed by atoms with Crippen molar-refractivity contribution < 1.29 is 28.2 Å². The maximum Gasteiger partial charge on any atom is 0.280 e. The molecule has 1 atom stereocenters. The summed E-state index contributed by atoms with van der Waals surface area (Å²) < 4.78 is 33.3. The number of anilines is 1. The predicted octanol–water partition coefficient (Wildman–Crippen LogP) is 5.05. The van der Waals surface area contributed by atoms with Crippen molar-refractivity contribution in [2.24, 2.45) is 11.8 Å². The number of ether oxygens (including phenoxy) is 1. The minimum atomic E-state index is -3.27. The minimum absolute atomic E-state index is 0.123. The molecule has 0 aliphatic carbocycles. The van der Waals surface area contributed by atoms with E-state index in [-0.39, 0.29) is 11.5 Å². The highest BCUT2D eigenvalue weighted by atomic mass is 35.5. The topological polar surface area (TPSA) is 73.3 Å². The van der Waals surface area contributed by atoms with Crippen molar-refractivity contribution in [3.8, 4) is 5.75 Å². The van der Waals surface area contributed by atoms with Crippen LogP contribution in [0.4, 0.5) is 14.5 Å². The van der Waals surface area contributed by atoms with Crippen molar-refractivity contribution in [1.82, 2.24) is 9.80 Å². The molecule has 40 heavy (non-hydrogen) atoms. The van der Waals surface area contributed by atoms with Crippen LogP contribution in [0, 0.1) is 11.8 Å². The highest BCUT2D eigenvalue weighted by Gasteiger charge is 2.50. The standard InChI is InChI=1S/C30H38ClF2N3O4/c1-34(2)27(37)25-8-7-23(19-26(25)31)35-13-9-20(10-14-35)17-21-11-15-36(16-12-21)29(38)30(39,28(32)33)22-5-4-6-24(18-22)40-3/h4-8,18-21,28,39H,9-17H2,1-3H3/t30-/m0/s1. The van der Waals surface area contributed by atoms with Crippen molar-refractivity contribution in [2.45, 2.75) is 44.1 Å². The lowest BCUT2D eigenvalue weighted by Crippen LogP contribution is -2.53. The highest BCUT2D eigenvalue weighted by molar-refractivity contribution is 6.34. The number of benzene rings is 2. The highest BCUT2D eigenvalue weighted by Crippen LogP contribution is 2.36. The van der Waals surface area contributed by atoms with Gasteiger partial charge in [-0.3, -0.25) is 9.59 Å². The third kappa shape index (κ3) is 6.36. The molecule has 2 heterocycles. The van der Waals surface area contributed by atoms with Gasteiger partial charge in [-0.2, -0.15) is 0 Å². The fraction of sp³-hybridized carbons (Fsp3) is 0.533. The van der Waals surface area contributed by atoms with Crippen LogP contribution in [0.5, 0.6) is 5.75 Å². The van der Waals surface area contributed by atoms with Gasteiger partial charge in [-0.05, 0) is 74.3 Å². The molecule has 218 valence electrons. The van der Waals surface area contributed by atoms with Crippen LogP contribution in [-0.4, -0.2) is 80.5 Å². The van der Waals surface area contributed by atoms with Gasteiger partial charge in [0, 0.05) is 51.5 Å². The molecule has 0 unspecified atom stereocenters. The van der Waals surface area contributed by atoms with Crippen molar-refractivity contribution in [3.05, 3.63) is 58.6 Å². The van der Waals surface area contributed by atoms with E-state index in [9.17, 15) is 23.5 Å². The van der Waals surface area contributed by atoms with Gasteiger partial charge in [0.05, 0.1) is 17.7 Å². The minimum Gasteiger partial charge on any atom is -0.497 e. The van der Waals surface area contributed by atoms with Crippen LogP contribution in [0.3, 0.4) is 0 Å². The summed E-state index contributed by atoms with van der Waals surface area (Å²) in [4.78, 5) is 30.6. The fourth-order valence-corrected chi connectivity index (χ4v) is 6.08. The zero-order valence-corrected chi connectivity index (χ0v) is 24.0. The van der Waals surface area contributed by atoms with Crippen molar-refractivity contribution in [2.75, 3.05) is 52.3 Å². The maximum atomic E-state index is 14.1. The Labute approximate surface area is 239 Å². The molecule has 0 saturated carbocycles. The number of likely N-dealkylation sites (tertiary alicyclic amines) is 1. The van der Waals surface area contributed by atoms with Gasteiger partial charge in [0.15, 0.2) is 0 Å². The zero-order chi connectivity index (χ0) is 29.0. The second-order valence-electron chi connectivity index (χ2n) is 11.1. The number of carbonyl (C=O) groups is 2. The summed E-state index contributed by atoms with van der Waals surface area (Å²) in [5, 5.41) is 11.4. The first-order valence-corrected chi connectivity index (χ1v) is 14.1. The van der Waals surface area contributed by atoms with E-state index in [0.29, 0.717) is 41.3 Å². The van der Waals surface area contributed by atoms with E-state index in [1.165, 1.54) is 35.1 Å². The van der Waals surface area contributed by atoms with Gasteiger partial charge in [0.1, 0.15) is 5.75 Å². The van der Waals surface area contributed by atoms with E-state index in [1.54, 1.807) is 26.2 Å². The van der Waals surface area contributed by atoms with E-state index in [2.05, 4.69) is 4.90 Å². The summed E-state index contributed by atoms with van der Waals surface area (Å²) >= 11 is 6.41. The molecule has 1 N–H and O–H groups in total. The van der Waals surface area contributed by atoms with Gasteiger partial charge in [-0.25, -0.2) is 8.78 Å². The Kier molecular flexibility index (Phi) is 9.56. The lowest BCUT2D eigenvalue weighted by Gasteiger charge is -2.39. The molecule has 2 fully saturated rings. The van der Waals surface area contributed by atoms with Crippen molar-refractivity contribution >= 4 is 29.1 Å². The summed E-state index contributed by atoms with van der Waals surface area (Å²) in [5.41, 5.74) is -1.57. The first kappa shape index (κ1) is 30.1. The van der Waals surface area contributed by atoms with Crippen molar-refractivity contribution in [1.29, 1.82) is 0 Å². The van der Waals surface area contributed by atoms with Gasteiger partial charge in [0.2, 0.25) is 5.60 Å². The van der Waals surface area contributed by atoms with Crippen molar-refractivity contribution in [3.63, 3.8) is 0 Å². The maximum absolute atomic E-state index is 14.1. The molecular weight excluding hydrogens is 540 g/mol. The first-order chi connectivity index (χ1) is 19.0. The molecule has 10 heteroatoms. The third-order valence-corrected chi connectivity index (χ3v) is 8.60. The van der Waals surface area contributed by atoms with E-state index in [0.717, 1.165) is 50.9 Å². The number of alkyl halides is 2. The molecule has 0 bridgehead atoms. The lowest BCUT2D eigenvalue weighted by atomic mass is 9.82. The van der Waals surface area contributed by atoms with Gasteiger partial charge < -0.3 is 24.5 Å². The van der Waals surface area contributed by atoms with E-state index < -0.39 is 17.9 Å². The number of hydrogen-bond donors (Lipinski definition) is 1. The van der Waals surface area contributed by atoms with E-state index >= 15 is 0 Å². The number of halogens is 3. The lowest BCUT2D eigenvalue weighted by molar-refractivity contribution is -0.173. The summed E-state index contributed by atoms with van der Waals surface area (Å²) in [6, 6.07) is 11.3. The fourth-order valence-electron chi connectivity index (χ4n) is 5.83. The van der Waals surface area contributed by atoms with E-state index in [1.807, 2.05) is 12.1 Å². The van der Waals surface area contributed by atoms with Crippen LogP contribution in [-0.2, 0) is 10.4 Å². The molecular formula is C30H38ClF2N3O4.